The Morgan fingerprint density at radius 2 is 1.96 bits per heavy atom. The van der Waals surface area contributed by atoms with Gasteiger partial charge in [-0.15, -0.1) is 0 Å². The van der Waals surface area contributed by atoms with Crippen molar-refractivity contribution >= 4 is 23.5 Å². The third-order valence-corrected chi connectivity index (χ3v) is 4.11. The molecule has 24 heavy (non-hydrogen) atoms. The van der Waals surface area contributed by atoms with Gasteiger partial charge in [-0.3, -0.25) is 14.4 Å². The van der Waals surface area contributed by atoms with Gasteiger partial charge in [0.25, 0.3) is 0 Å². The summed E-state index contributed by atoms with van der Waals surface area (Å²) >= 11 is 0. The Kier molecular flexibility index (Phi) is 5.54. The van der Waals surface area contributed by atoms with Gasteiger partial charge in [-0.2, -0.15) is 0 Å². The van der Waals surface area contributed by atoms with E-state index < -0.39 is 17.7 Å². The second-order valence-electron chi connectivity index (χ2n) is 6.08. The van der Waals surface area contributed by atoms with Gasteiger partial charge in [0.15, 0.2) is 0 Å². The first-order valence-corrected chi connectivity index (χ1v) is 7.90. The molecule has 1 fully saturated rings. The Hall–Kier alpha value is -2.44. The zero-order valence-corrected chi connectivity index (χ0v) is 13.7. The molecule has 1 aromatic carbocycles. The summed E-state index contributed by atoms with van der Waals surface area (Å²) in [7, 11) is 0. The molecule has 7 heteroatoms. The second kappa shape index (κ2) is 7.42. The fraction of sp³-hybridized carbons (Fsp3) is 0.471. The summed E-state index contributed by atoms with van der Waals surface area (Å²) in [4.78, 5) is 38.9. The minimum Gasteiger partial charge on any atom is -0.481 e. The standard InChI is InChI=1S/C17H21FN2O4/c1-11(2)19(10-8-15(21)22)16(23)14-7-9-20(17(14)24)13-5-3-12(18)4-6-13/h3-6,11,14H,7-10H2,1-2H3,(H,21,22). The molecule has 1 heterocycles. The number of hydrogen-bond acceptors (Lipinski definition) is 3. The Morgan fingerprint density at radius 1 is 1.33 bits per heavy atom. The van der Waals surface area contributed by atoms with Crippen molar-refractivity contribution in [2.75, 3.05) is 18.0 Å². The van der Waals surface area contributed by atoms with Crippen LogP contribution in [-0.2, 0) is 14.4 Å². The maximum atomic E-state index is 13.0. The van der Waals surface area contributed by atoms with Gasteiger partial charge in [0.1, 0.15) is 11.7 Å². The maximum Gasteiger partial charge on any atom is 0.305 e. The lowest BCUT2D eigenvalue weighted by atomic mass is 10.1. The molecule has 2 rings (SSSR count). The van der Waals surface area contributed by atoms with Crippen molar-refractivity contribution in [3.05, 3.63) is 30.1 Å². The van der Waals surface area contributed by atoms with E-state index in [0.717, 1.165) is 0 Å². The Labute approximate surface area is 139 Å². The molecule has 1 atom stereocenters. The largest absolute Gasteiger partial charge is 0.481 e. The van der Waals surface area contributed by atoms with Gasteiger partial charge in [0.2, 0.25) is 11.8 Å². The van der Waals surface area contributed by atoms with Crippen molar-refractivity contribution < 1.29 is 23.9 Å². The van der Waals surface area contributed by atoms with Crippen molar-refractivity contribution in [2.45, 2.75) is 32.7 Å². The molecular weight excluding hydrogens is 315 g/mol. The molecule has 0 radical (unpaired) electrons. The molecule has 1 unspecified atom stereocenters. The maximum absolute atomic E-state index is 13.0. The molecule has 1 saturated heterocycles. The molecule has 2 amide bonds. The first-order valence-electron chi connectivity index (χ1n) is 7.90. The minimum absolute atomic E-state index is 0.0756. The Morgan fingerprint density at radius 3 is 2.50 bits per heavy atom. The van der Waals surface area contributed by atoms with Gasteiger partial charge in [0, 0.05) is 24.8 Å². The second-order valence-corrected chi connectivity index (χ2v) is 6.08. The first kappa shape index (κ1) is 17.9. The zero-order chi connectivity index (χ0) is 17.9. The van der Waals surface area contributed by atoms with Crippen molar-refractivity contribution in [1.82, 2.24) is 4.90 Å². The van der Waals surface area contributed by atoms with E-state index in [9.17, 15) is 18.8 Å². The molecule has 0 spiro atoms. The molecular formula is C17H21FN2O4. The van der Waals surface area contributed by atoms with Gasteiger partial charge in [-0.1, -0.05) is 0 Å². The molecule has 0 bridgehead atoms. The highest BCUT2D eigenvalue weighted by molar-refractivity contribution is 6.09. The number of carboxylic acids is 1. The Bertz CT molecular complexity index is 630. The van der Waals surface area contributed by atoms with Crippen LogP contribution in [0.4, 0.5) is 10.1 Å². The number of amides is 2. The summed E-state index contributed by atoms with van der Waals surface area (Å²) in [5, 5.41) is 8.81. The van der Waals surface area contributed by atoms with Crippen LogP contribution in [0.1, 0.15) is 26.7 Å². The van der Waals surface area contributed by atoms with E-state index in [1.807, 2.05) is 0 Å². The number of hydrogen-bond donors (Lipinski definition) is 1. The summed E-state index contributed by atoms with van der Waals surface area (Å²) in [6.07, 6.45) is 0.206. The number of carboxylic acid groups (broad SMARTS) is 1. The zero-order valence-electron chi connectivity index (χ0n) is 13.7. The Balaban J connectivity index is 2.11. The molecule has 1 aliphatic heterocycles. The van der Waals surface area contributed by atoms with E-state index in [1.165, 1.54) is 34.1 Å². The van der Waals surface area contributed by atoms with Crippen LogP contribution in [0.2, 0.25) is 0 Å². The third kappa shape index (κ3) is 3.90. The fourth-order valence-electron chi connectivity index (χ4n) is 2.83. The predicted molar refractivity (Wildman–Crippen MR) is 86.0 cm³/mol. The van der Waals surface area contributed by atoms with Crippen LogP contribution >= 0.6 is 0 Å². The highest BCUT2D eigenvalue weighted by Crippen LogP contribution is 2.27. The lowest BCUT2D eigenvalue weighted by Crippen LogP contribution is -2.44. The number of carbonyl (C=O) groups excluding carboxylic acids is 2. The number of nitrogens with zero attached hydrogens (tertiary/aromatic N) is 2. The molecule has 1 aromatic rings. The monoisotopic (exact) mass is 336 g/mol. The topological polar surface area (TPSA) is 77.9 Å². The van der Waals surface area contributed by atoms with E-state index in [-0.39, 0.29) is 30.8 Å². The molecule has 1 N–H and O–H groups in total. The molecule has 1 aliphatic rings. The molecule has 0 aromatic heterocycles. The third-order valence-electron chi connectivity index (χ3n) is 4.11. The van der Waals surface area contributed by atoms with Crippen molar-refractivity contribution in [1.29, 1.82) is 0 Å². The summed E-state index contributed by atoms with van der Waals surface area (Å²) in [6, 6.07) is 5.36. The van der Waals surface area contributed by atoms with Crippen molar-refractivity contribution in [3.8, 4) is 0 Å². The highest BCUT2D eigenvalue weighted by atomic mass is 19.1. The predicted octanol–water partition coefficient (Wildman–Crippen LogP) is 1.89. The van der Waals surface area contributed by atoms with Gasteiger partial charge >= 0.3 is 5.97 Å². The SMILES string of the molecule is CC(C)N(CCC(=O)O)C(=O)C1CCN(c2ccc(F)cc2)C1=O. The number of halogens is 1. The van der Waals surface area contributed by atoms with Crippen LogP contribution in [-0.4, -0.2) is 46.9 Å². The fourth-order valence-corrected chi connectivity index (χ4v) is 2.83. The minimum atomic E-state index is -0.987. The quantitative estimate of drug-likeness (QED) is 0.805. The van der Waals surface area contributed by atoms with Gasteiger partial charge in [-0.05, 0) is 44.5 Å². The van der Waals surface area contributed by atoms with E-state index in [0.29, 0.717) is 18.7 Å². The summed E-state index contributed by atoms with van der Waals surface area (Å²) in [5.41, 5.74) is 0.554. The van der Waals surface area contributed by atoms with Crippen LogP contribution in [0.3, 0.4) is 0 Å². The lowest BCUT2D eigenvalue weighted by molar-refractivity contribution is -0.142. The number of anilines is 1. The number of benzene rings is 1. The van der Waals surface area contributed by atoms with Crippen LogP contribution in [0.5, 0.6) is 0 Å². The number of rotatable bonds is 6. The van der Waals surface area contributed by atoms with Gasteiger partial charge in [0.05, 0.1) is 6.42 Å². The average Bonchev–Trinajstić information content (AvgIpc) is 2.89. The number of aliphatic carboxylic acids is 1. The summed E-state index contributed by atoms with van der Waals surface area (Å²) in [6.45, 7) is 4.03. The van der Waals surface area contributed by atoms with Gasteiger partial charge < -0.3 is 14.9 Å². The van der Waals surface area contributed by atoms with E-state index >= 15 is 0 Å². The van der Waals surface area contributed by atoms with E-state index in [1.54, 1.807) is 13.8 Å². The molecule has 0 aliphatic carbocycles. The molecule has 0 saturated carbocycles. The van der Waals surface area contributed by atoms with Crippen molar-refractivity contribution in [3.63, 3.8) is 0 Å². The number of carbonyl (C=O) groups is 3. The molecule has 130 valence electrons. The van der Waals surface area contributed by atoms with Gasteiger partial charge in [-0.25, -0.2) is 4.39 Å². The van der Waals surface area contributed by atoms with E-state index in [2.05, 4.69) is 0 Å². The van der Waals surface area contributed by atoms with Crippen LogP contribution in [0, 0.1) is 11.7 Å². The molecule has 6 nitrogen and oxygen atoms in total. The highest BCUT2D eigenvalue weighted by Gasteiger charge is 2.40. The van der Waals surface area contributed by atoms with Crippen LogP contribution in [0.15, 0.2) is 24.3 Å². The first-order chi connectivity index (χ1) is 11.3. The lowest BCUT2D eigenvalue weighted by Gasteiger charge is -2.28. The average molecular weight is 336 g/mol. The van der Waals surface area contributed by atoms with Crippen LogP contribution in [0.25, 0.3) is 0 Å². The summed E-state index contributed by atoms with van der Waals surface area (Å²) in [5.74, 6) is -2.86. The smallest absolute Gasteiger partial charge is 0.305 e. The van der Waals surface area contributed by atoms with E-state index in [4.69, 9.17) is 5.11 Å². The summed E-state index contributed by atoms with van der Waals surface area (Å²) < 4.78 is 13.0. The van der Waals surface area contributed by atoms with Crippen molar-refractivity contribution in [2.24, 2.45) is 5.92 Å². The van der Waals surface area contributed by atoms with Crippen LogP contribution < -0.4 is 4.90 Å². The normalized spacial score (nSPS) is 17.4.